The monoisotopic (exact) mass is 233 g/mol. The number of benzene rings is 1. The molecule has 0 aliphatic heterocycles. The first kappa shape index (κ1) is 11.0. The lowest BCUT2D eigenvalue weighted by molar-refractivity contribution is 1.17. The van der Waals surface area contributed by atoms with E-state index in [2.05, 4.69) is 4.98 Å². The standard InChI is InChI=1S/C13H12ClNO/c1-9-3-2-4-10(7-9)12-6-5-11(8-14)13(16)15-12/h2-7H,8H2,1H3,(H,15,16). The van der Waals surface area contributed by atoms with E-state index in [1.807, 2.05) is 37.3 Å². The van der Waals surface area contributed by atoms with Gasteiger partial charge in [0.1, 0.15) is 0 Å². The maximum absolute atomic E-state index is 11.6. The Hall–Kier alpha value is -1.54. The van der Waals surface area contributed by atoms with E-state index in [0.717, 1.165) is 11.3 Å². The zero-order valence-corrected chi connectivity index (χ0v) is 9.71. The summed E-state index contributed by atoms with van der Waals surface area (Å²) >= 11 is 5.64. The first-order valence-electron chi connectivity index (χ1n) is 5.06. The molecule has 0 unspecified atom stereocenters. The van der Waals surface area contributed by atoms with Crippen LogP contribution in [0.1, 0.15) is 11.1 Å². The van der Waals surface area contributed by atoms with Crippen molar-refractivity contribution in [2.24, 2.45) is 0 Å². The molecule has 1 N–H and O–H groups in total. The van der Waals surface area contributed by atoms with Crippen LogP contribution in [0.15, 0.2) is 41.2 Å². The highest BCUT2D eigenvalue weighted by atomic mass is 35.5. The molecule has 0 atom stereocenters. The van der Waals surface area contributed by atoms with E-state index in [1.54, 1.807) is 6.07 Å². The second kappa shape index (κ2) is 4.54. The number of aryl methyl sites for hydroxylation is 1. The van der Waals surface area contributed by atoms with Crippen molar-refractivity contribution in [1.82, 2.24) is 4.98 Å². The summed E-state index contributed by atoms with van der Waals surface area (Å²) in [6.07, 6.45) is 0. The molecule has 2 rings (SSSR count). The molecule has 0 fully saturated rings. The molecular formula is C13H12ClNO. The topological polar surface area (TPSA) is 32.9 Å². The SMILES string of the molecule is Cc1cccc(-c2ccc(CCl)c(=O)[nH]2)c1. The predicted molar refractivity (Wildman–Crippen MR) is 66.8 cm³/mol. The first-order chi connectivity index (χ1) is 7.70. The van der Waals surface area contributed by atoms with Crippen molar-refractivity contribution < 1.29 is 0 Å². The molecule has 2 aromatic rings. The number of pyridine rings is 1. The third-order valence-corrected chi connectivity index (χ3v) is 2.75. The van der Waals surface area contributed by atoms with Gasteiger partial charge in [-0.15, -0.1) is 11.6 Å². The van der Waals surface area contributed by atoms with Crippen molar-refractivity contribution in [2.75, 3.05) is 0 Å². The van der Waals surface area contributed by atoms with Gasteiger partial charge in [0.15, 0.2) is 0 Å². The zero-order chi connectivity index (χ0) is 11.5. The molecule has 3 heteroatoms. The van der Waals surface area contributed by atoms with Crippen LogP contribution in [0.25, 0.3) is 11.3 Å². The van der Waals surface area contributed by atoms with Gasteiger partial charge in [0.2, 0.25) is 0 Å². The molecule has 0 amide bonds. The lowest BCUT2D eigenvalue weighted by Crippen LogP contribution is -2.11. The number of hydrogen-bond acceptors (Lipinski definition) is 1. The maximum Gasteiger partial charge on any atom is 0.252 e. The molecule has 1 heterocycles. The number of aromatic amines is 1. The van der Waals surface area contributed by atoms with Crippen molar-refractivity contribution in [3.8, 4) is 11.3 Å². The van der Waals surface area contributed by atoms with E-state index in [-0.39, 0.29) is 11.4 Å². The van der Waals surface area contributed by atoms with Crippen LogP contribution in [0, 0.1) is 6.92 Å². The van der Waals surface area contributed by atoms with E-state index >= 15 is 0 Å². The molecule has 82 valence electrons. The lowest BCUT2D eigenvalue weighted by Gasteiger charge is -2.03. The van der Waals surface area contributed by atoms with Crippen molar-refractivity contribution in [3.05, 3.63) is 57.9 Å². The highest BCUT2D eigenvalue weighted by Crippen LogP contribution is 2.17. The van der Waals surface area contributed by atoms with Crippen molar-refractivity contribution in [3.63, 3.8) is 0 Å². The van der Waals surface area contributed by atoms with E-state index < -0.39 is 0 Å². The Morgan fingerprint density at radius 1 is 1.25 bits per heavy atom. The van der Waals surface area contributed by atoms with Gasteiger partial charge in [0.05, 0.1) is 5.88 Å². The maximum atomic E-state index is 11.6. The van der Waals surface area contributed by atoms with Gasteiger partial charge >= 0.3 is 0 Å². The van der Waals surface area contributed by atoms with Crippen LogP contribution in [0.2, 0.25) is 0 Å². The van der Waals surface area contributed by atoms with Gasteiger partial charge in [0.25, 0.3) is 5.56 Å². The van der Waals surface area contributed by atoms with Gasteiger partial charge in [-0.2, -0.15) is 0 Å². The lowest BCUT2D eigenvalue weighted by atomic mass is 10.1. The normalized spacial score (nSPS) is 10.4. The summed E-state index contributed by atoms with van der Waals surface area (Å²) in [6.45, 7) is 2.02. The van der Waals surface area contributed by atoms with Gasteiger partial charge in [-0.1, -0.05) is 29.8 Å². The highest BCUT2D eigenvalue weighted by Gasteiger charge is 2.02. The zero-order valence-electron chi connectivity index (χ0n) is 8.96. The smallest absolute Gasteiger partial charge is 0.252 e. The van der Waals surface area contributed by atoms with Gasteiger partial charge < -0.3 is 4.98 Å². The Bertz CT molecular complexity index is 560. The highest BCUT2D eigenvalue weighted by molar-refractivity contribution is 6.17. The van der Waals surface area contributed by atoms with E-state index in [0.29, 0.717) is 5.56 Å². The number of aromatic nitrogens is 1. The fourth-order valence-electron chi connectivity index (χ4n) is 1.59. The molecule has 0 saturated heterocycles. The molecule has 0 aliphatic carbocycles. The Labute approximate surface area is 98.9 Å². The third-order valence-electron chi connectivity index (χ3n) is 2.46. The molecule has 0 saturated carbocycles. The summed E-state index contributed by atoms with van der Waals surface area (Å²) in [5, 5.41) is 0. The Morgan fingerprint density at radius 3 is 2.69 bits per heavy atom. The Kier molecular flexibility index (Phi) is 3.11. The average Bonchev–Trinajstić information content (AvgIpc) is 2.29. The molecule has 0 bridgehead atoms. The molecule has 0 spiro atoms. The van der Waals surface area contributed by atoms with Gasteiger partial charge in [-0.3, -0.25) is 4.79 Å². The number of halogens is 1. The summed E-state index contributed by atoms with van der Waals surface area (Å²) in [5.41, 5.74) is 3.48. The van der Waals surface area contributed by atoms with Crippen LogP contribution in [-0.4, -0.2) is 4.98 Å². The Morgan fingerprint density at radius 2 is 2.06 bits per heavy atom. The van der Waals surface area contributed by atoms with Crippen LogP contribution in [0.3, 0.4) is 0 Å². The van der Waals surface area contributed by atoms with Crippen molar-refractivity contribution in [1.29, 1.82) is 0 Å². The largest absolute Gasteiger partial charge is 0.322 e. The average molecular weight is 234 g/mol. The minimum Gasteiger partial charge on any atom is -0.322 e. The Balaban J connectivity index is 2.49. The number of H-pyrrole nitrogens is 1. The summed E-state index contributed by atoms with van der Waals surface area (Å²) in [7, 11) is 0. The molecule has 0 radical (unpaired) electrons. The van der Waals surface area contributed by atoms with Gasteiger partial charge in [-0.05, 0) is 24.6 Å². The second-order valence-electron chi connectivity index (χ2n) is 3.73. The van der Waals surface area contributed by atoms with Crippen molar-refractivity contribution in [2.45, 2.75) is 12.8 Å². The van der Waals surface area contributed by atoms with Gasteiger partial charge in [-0.25, -0.2) is 0 Å². The van der Waals surface area contributed by atoms with E-state index in [1.165, 1.54) is 5.56 Å². The van der Waals surface area contributed by atoms with E-state index in [4.69, 9.17) is 11.6 Å². The summed E-state index contributed by atoms with van der Waals surface area (Å²) in [6, 6.07) is 11.6. The van der Waals surface area contributed by atoms with Crippen LogP contribution < -0.4 is 5.56 Å². The summed E-state index contributed by atoms with van der Waals surface area (Å²) in [5.74, 6) is 0.240. The summed E-state index contributed by atoms with van der Waals surface area (Å²) in [4.78, 5) is 14.4. The van der Waals surface area contributed by atoms with Crippen LogP contribution in [-0.2, 0) is 5.88 Å². The van der Waals surface area contributed by atoms with Crippen molar-refractivity contribution >= 4 is 11.6 Å². The number of alkyl halides is 1. The van der Waals surface area contributed by atoms with Gasteiger partial charge in [0, 0.05) is 11.3 Å². The first-order valence-corrected chi connectivity index (χ1v) is 5.59. The fourth-order valence-corrected chi connectivity index (χ4v) is 1.80. The van der Waals surface area contributed by atoms with Crippen LogP contribution >= 0.6 is 11.6 Å². The predicted octanol–water partition coefficient (Wildman–Crippen LogP) is 3.09. The number of hydrogen-bond donors (Lipinski definition) is 1. The molecule has 0 aliphatic rings. The molecular weight excluding hydrogens is 222 g/mol. The minimum atomic E-state index is -0.117. The molecule has 16 heavy (non-hydrogen) atoms. The fraction of sp³-hybridized carbons (Fsp3) is 0.154. The summed E-state index contributed by atoms with van der Waals surface area (Å²) < 4.78 is 0. The second-order valence-corrected chi connectivity index (χ2v) is 4.00. The van der Waals surface area contributed by atoms with Crippen LogP contribution in [0.4, 0.5) is 0 Å². The third kappa shape index (κ3) is 2.17. The quantitative estimate of drug-likeness (QED) is 0.795. The van der Waals surface area contributed by atoms with Crippen LogP contribution in [0.5, 0.6) is 0 Å². The molecule has 1 aromatic carbocycles. The van der Waals surface area contributed by atoms with E-state index in [9.17, 15) is 4.79 Å². The minimum absolute atomic E-state index is 0.117. The molecule has 1 aromatic heterocycles. The molecule has 2 nitrogen and oxygen atoms in total. The number of nitrogens with one attached hydrogen (secondary N) is 1. The number of rotatable bonds is 2.